The number of likely N-dealkylation sites (tertiary alicyclic amines) is 1. The maximum absolute atomic E-state index is 14.4. The Kier molecular flexibility index (Phi) is 7.20. The minimum atomic E-state index is -3.89. The Morgan fingerprint density at radius 2 is 1.74 bits per heavy atom. The standard InChI is InChI=1S/C24H29FN6O3S/c1-15-4-5-18(13-22(15)35(26,32)33)29-24-27-14-20(25)23(30-24)28-17-6-7-21(16(2)12-17)34-19-8-10-31(3)11-9-19/h4-7,12-14,19H,8-11H2,1-3H3,(H2,26,32,33)(H2,27,28,29,30). The Balaban J connectivity index is 1.48. The van der Waals surface area contributed by atoms with Gasteiger partial charge in [-0.15, -0.1) is 0 Å². The molecule has 0 aliphatic carbocycles. The van der Waals surface area contributed by atoms with E-state index in [1.165, 1.54) is 6.07 Å². The lowest BCUT2D eigenvalue weighted by Gasteiger charge is -2.29. The molecule has 4 rings (SSSR count). The molecular formula is C24H29FN6O3S. The molecular weight excluding hydrogens is 471 g/mol. The highest BCUT2D eigenvalue weighted by Crippen LogP contribution is 2.28. The zero-order valence-corrected chi connectivity index (χ0v) is 20.7. The first-order valence-corrected chi connectivity index (χ1v) is 12.8. The van der Waals surface area contributed by atoms with Crippen molar-refractivity contribution in [2.45, 2.75) is 37.7 Å². The molecule has 0 radical (unpaired) electrons. The smallest absolute Gasteiger partial charge is 0.238 e. The number of sulfonamides is 1. The van der Waals surface area contributed by atoms with E-state index in [9.17, 15) is 12.8 Å². The Morgan fingerprint density at radius 1 is 1.06 bits per heavy atom. The zero-order chi connectivity index (χ0) is 25.2. The van der Waals surface area contributed by atoms with E-state index in [4.69, 9.17) is 9.88 Å². The van der Waals surface area contributed by atoms with Crippen LogP contribution in [0, 0.1) is 19.7 Å². The number of hydrogen-bond acceptors (Lipinski definition) is 8. The molecule has 2 aromatic carbocycles. The second kappa shape index (κ2) is 10.1. The average molecular weight is 501 g/mol. The van der Waals surface area contributed by atoms with Crippen LogP contribution in [0.15, 0.2) is 47.5 Å². The Hall–Kier alpha value is -3.28. The molecule has 3 aromatic rings. The van der Waals surface area contributed by atoms with Crippen molar-refractivity contribution >= 4 is 33.2 Å². The second-order valence-electron chi connectivity index (χ2n) is 8.77. The molecule has 4 N–H and O–H groups in total. The Bertz CT molecular complexity index is 1330. The highest BCUT2D eigenvalue weighted by molar-refractivity contribution is 7.89. The summed E-state index contributed by atoms with van der Waals surface area (Å²) >= 11 is 0. The molecule has 35 heavy (non-hydrogen) atoms. The van der Waals surface area contributed by atoms with Gasteiger partial charge < -0.3 is 20.3 Å². The molecule has 0 saturated carbocycles. The highest BCUT2D eigenvalue weighted by Gasteiger charge is 2.19. The maximum Gasteiger partial charge on any atom is 0.238 e. The van der Waals surface area contributed by atoms with Gasteiger partial charge in [-0.05, 0) is 75.2 Å². The lowest BCUT2D eigenvalue weighted by atomic mass is 10.1. The zero-order valence-electron chi connectivity index (χ0n) is 19.9. The van der Waals surface area contributed by atoms with Gasteiger partial charge in [0.1, 0.15) is 11.9 Å². The summed E-state index contributed by atoms with van der Waals surface area (Å²) in [6.45, 7) is 5.61. The summed E-state index contributed by atoms with van der Waals surface area (Å²) in [5.74, 6) is 0.247. The fraction of sp³-hybridized carbons (Fsp3) is 0.333. The third kappa shape index (κ3) is 6.24. The molecule has 1 aromatic heterocycles. The molecule has 0 amide bonds. The van der Waals surface area contributed by atoms with Gasteiger partial charge in [-0.1, -0.05) is 6.07 Å². The van der Waals surface area contributed by atoms with Crippen molar-refractivity contribution < 1.29 is 17.5 Å². The van der Waals surface area contributed by atoms with Gasteiger partial charge in [0.25, 0.3) is 0 Å². The first kappa shape index (κ1) is 24.8. The largest absolute Gasteiger partial charge is 0.490 e. The van der Waals surface area contributed by atoms with Crippen molar-refractivity contribution in [3.8, 4) is 5.75 Å². The number of nitrogens with two attached hydrogens (primary N) is 1. The van der Waals surface area contributed by atoms with E-state index in [0.29, 0.717) is 16.9 Å². The summed E-state index contributed by atoms with van der Waals surface area (Å²) < 4.78 is 44.2. The van der Waals surface area contributed by atoms with Crippen LogP contribution in [0.2, 0.25) is 0 Å². The maximum atomic E-state index is 14.4. The van der Waals surface area contributed by atoms with E-state index in [2.05, 4.69) is 32.5 Å². The topological polar surface area (TPSA) is 122 Å². The van der Waals surface area contributed by atoms with Gasteiger partial charge in [0.2, 0.25) is 16.0 Å². The number of benzene rings is 2. The molecule has 0 unspecified atom stereocenters. The molecule has 1 aliphatic rings. The summed E-state index contributed by atoms with van der Waals surface area (Å²) in [5, 5.41) is 11.1. The molecule has 0 atom stereocenters. The third-order valence-electron chi connectivity index (χ3n) is 5.89. The van der Waals surface area contributed by atoms with Crippen LogP contribution in [0.5, 0.6) is 5.75 Å². The number of nitrogens with one attached hydrogen (secondary N) is 2. The monoisotopic (exact) mass is 500 g/mol. The molecule has 1 fully saturated rings. The normalized spacial score (nSPS) is 15.1. The summed E-state index contributed by atoms with van der Waals surface area (Å²) in [4.78, 5) is 10.4. The number of primary sulfonamides is 1. The SMILES string of the molecule is Cc1cc(Nc2nc(Nc3ccc(C)c(S(N)(=O)=O)c3)ncc2F)ccc1OC1CCN(C)CC1. The first-order valence-electron chi connectivity index (χ1n) is 11.2. The molecule has 0 bridgehead atoms. The number of halogens is 1. The van der Waals surface area contributed by atoms with Gasteiger partial charge in [0, 0.05) is 24.5 Å². The number of hydrogen-bond donors (Lipinski definition) is 3. The molecule has 9 nitrogen and oxygen atoms in total. The van der Waals surface area contributed by atoms with Crippen molar-refractivity contribution in [1.82, 2.24) is 14.9 Å². The molecule has 1 aliphatic heterocycles. The lowest BCUT2D eigenvalue weighted by Crippen LogP contribution is -2.35. The number of piperidine rings is 1. The number of aromatic nitrogens is 2. The van der Waals surface area contributed by atoms with Crippen LogP contribution in [-0.4, -0.2) is 49.5 Å². The first-order chi connectivity index (χ1) is 16.6. The van der Waals surface area contributed by atoms with Gasteiger partial charge in [-0.25, -0.2) is 22.9 Å². The third-order valence-corrected chi connectivity index (χ3v) is 6.94. The van der Waals surface area contributed by atoms with Crippen molar-refractivity contribution in [1.29, 1.82) is 0 Å². The van der Waals surface area contributed by atoms with Crippen LogP contribution >= 0.6 is 0 Å². The predicted molar refractivity (Wildman–Crippen MR) is 133 cm³/mol. The lowest BCUT2D eigenvalue weighted by molar-refractivity contribution is 0.113. The minimum absolute atomic E-state index is 0.0130. The predicted octanol–water partition coefficient (Wildman–Crippen LogP) is 3.84. The Labute approximate surface area is 204 Å². The van der Waals surface area contributed by atoms with Crippen LogP contribution in [-0.2, 0) is 10.0 Å². The second-order valence-corrected chi connectivity index (χ2v) is 10.3. The summed E-state index contributed by atoms with van der Waals surface area (Å²) in [6.07, 6.45) is 3.19. The van der Waals surface area contributed by atoms with Crippen LogP contribution in [0.25, 0.3) is 0 Å². The molecule has 2 heterocycles. The molecule has 11 heteroatoms. The van der Waals surface area contributed by atoms with E-state index in [0.717, 1.165) is 43.4 Å². The number of ether oxygens (including phenoxy) is 1. The molecule has 0 spiro atoms. The van der Waals surface area contributed by atoms with E-state index in [-0.39, 0.29) is 22.8 Å². The number of nitrogens with zero attached hydrogens (tertiary/aromatic N) is 3. The quantitative estimate of drug-likeness (QED) is 0.447. The summed E-state index contributed by atoms with van der Waals surface area (Å²) in [6, 6.07) is 10.2. The van der Waals surface area contributed by atoms with E-state index in [1.54, 1.807) is 19.1 Å². The minimum Gasteiger partial charge on any atom is -0.490 e. The average Bonchev–Trinajstić information content (AvgIpc) is 2.80. The van der Waals surface area contributed by atoms with Gasteiger partial charge in [0.15, 0.2) is 11.6 Å². The van der Waals surface area contributed by atoms with Crippen molar-refractivity contribution in [2.24, 2.45) is 5.14 Å². The van der Waals surface area contributed by atoms with Crippen molar-refractivity contribution in [2.75, 3.05) is 30.8 Å². The number of aryl methyl sites for hydroxylation is 2. The van der Waals surface area contributed by atoms with E-state index in [1.807, 2.05) is 25.1 Å². The van der Waals surface area contributed by atoms with E-state index >= 15 is 0 Å². The number of anilines is 4. The van der Waals surface area contributed by atoms with Gasteiger partial charge in [-0.3, -0.25) is 0 Å². The number of rotatable bonds is 7. The van der Waals surface area contributed by atoms with Gasteiger partial charge >= 0.3 is 0 Å². The van der Waals surface area contributed by atoms with E-state index < -0.39 is 15.8 Å². The van der Waals surface area contributed by atoms with Crippen molar-refractivity contribution in [3.63, 3.8) is 0 Å². The fourth-order valence-electron chi connectivity index (χ4n) is 3.91. The van der Waals surface area contributed by atoms with Gasteiger partial charge in [0.05, 0.1) is 11.1 Å². The van der Waals surface area contributed by atoms with Crippen LogP contribution in [0.4, 0.5) is 27.5 Å². The molecule has 1 saturated heterocycles. The summed E-state index contributed by atoms with van der Waals surface area (Å²) in [7, 11) is -1.78. The van der Waals surface area contributed by atoms with Gasteiger partial charge in [-0.2, -0.15) is 4.98 Å². The van der Waals surface area contributed by atoms with Crippen LogP contribution < -0.4 is 20.5 Å². The Morgan fingerprint density at radius 3 is 2.43 bits per heavy atom. The molecule has 186 valence electrons. The van der Waals surface area contributed by atoms with Crippen LogP contribution in [0.1, 0.15) is 24.0 Å². The van der Waals surface area contributed by atoms with Crippen LogP contribution in [0.3, 0.4) is 0 Å². The fourth-order valence-corrected chi connectivity index (χ4v) is 4.71. The summed E-state index contributed by atoms with van der Waals surface area (Å²) in [5.41, 5.74) is 2.49. The van der Waals surface area contributed by atoms with Crippen molar-refractivity contribution in [3.05, 3.63) is 59.5 Å². The highest BCUT2D eigenvalue weighted by atomic mass is 32.2.